The Bertz CT molecular complexity index is 1410. The Hall–Kier alpha value is -2.84. The Morgan fingerprint density at radius 2 is 1.49 bits per heavy atom. The highest BCUT2D eigenvalue weighted by atomic mass is 35.5. The molecule has 3 amide bonds. The molecule has 0 bridgehead atoms. The standard InChI is InChI=1S/C26H20Cl4FN3O3/c1-12-9-17(34-25(37)22-21(26(22,29)30)14-3-8-20(31)19(27)10-14)11-18(23(12)28)24(36)33-16-6-4-15(5-7-16)32-13(2)35/h3-11,21-22H,1-2H3,(H,32,35)(H,33,36)(H,34,37). The number of rotatable bonds is 6. The van der Waals surface area contributed by atoms with Crippen molar-refractivity contribution in [2.24, 2.45) is 5.92 Å². The number of carbonyl (C=O) groups excluding carboxylic acids is 3. The molecule has 2 atom stereocenters. The van der Waals surface area contributed by atoms with Crippen LogP contribution in [0.25, 0.3) is 0 Å². The first-order valence-electron chi connectivity index (χ1n) is 11.0. The van der Waals surface area contributed by atoms with Gasteiger partial charge >= 0.3 is 0 Å². The number of benzene rings is 3. The van der Waals surface area contributed by atoms with Crippen LogP contribution in [-0.4, -0.2) is 22.1 Å². The highest BCUT2D eigenvalue weighted by Gasteiger charge is 2.67. The van der Waals surface area contributed by atoms with E-state index in [0.29, 0.717) is 28.2 Å². The van der Waals surface area contributed by atoms with E-state index < -0.39 is 33.8 Å². The zero-order valence-electron chi connectivity index (χ0n) is 19.5. The molecule has 3 N–H and O–H groups in total. The number of alkyl halides is 2. The molecule has 1 fully saturated rings. The van der Waals surface area contributed by atoms with Crippen LogP contribution < -0.4 is 16.0 Å². The summed E-state index contributed by atoms with van der Waals surface area (Å²) in [5.74, 6) is -3.19. The first kappa shape index (κ1) is 27.2. The van der Waals surface area contributed by atoms with Crippen LogP contribution in [0, 0.1) is 18.7 Å². The summed E-state index contributed by atoms with van der Waals surface area (Å²) in [7, 11) is 0. The molecule has 1 saturated carbocycles. The van der Waals surface area contributed by atoms with Gasteiger partial charge in [-0.2, -0.15) is 0 Å². The lowest BCUT2D eigenvalue weighted by molar-refractivity contribution is -0.117. The third-order valence-electron chi connectivity index (χ3n) is 5.87. The van der Waals surface area contributed by atoms with Gasteiger partial charge in [0.1, 0.15) is 10.2 Å². The molecule has 2 unspecified atom stereocenters. The molecule has 0 radical (unpaired) electrons. The molecule has 0 heterocycles. The first-order chi connectivity index (χ1) is 17.4. The number of hydrogen-bond acceptors (Lipinski definition) is 3. The molecule has 1 aliphatic rings. The fraction of sp³-hybridized carbons (Fsp3) is 0.192. The number of carbonyl (C=O) groups is 3. The lowest BCUT2D eigenvalue weighted by atomic mass is 10.1. The molecule has 0 aromatic heterocycles. The summed E-state index contributed by atoms with van der Waals surface area (Å²) in [5.41, 5.74) is 2.63. The van der Waals surface area contributed by atoms with Crippen LogP contribution >= 0.6 is 46.4 Å². The van der Waals surface area contributed by atoms with Crippen LogP contribution in [-0.2, 0) is 9.59 Å². The van der Waals surface area contributed by atoms with Crippen molar-refractivity contribution in [2.75, 3.05) is 16.0 Å². The Labute approximate surface area is 232 Å². The van der Waals surface area contributed by atoms with Crippen LogP contribution in [0.5, 0.6) is 0 Å². The molecule has 1 aliphatic carbocycles. The molecule has 3 aromatic rings. The van der Waals surface area contributed by atoms with E-state index in [0.717, 1.165) is 0 Å². The summed E-state index contributed by atoms with van der Waals surface area (Å²) in [5, 5.41) is 8.25. The smallest absolute Gasteiger partial charge is 0.257 e. The van der Waals surface area contributed by atoms with Gasteiger partial charge in [-0.3, -0.25) is 14.4 Å². The lowest BCUT2D eigenvalue weighted by Crippen LogP contribution is -2.18. The van der Waals surface area contributed by atoms with Gasteiger partial charge in [0.15, 0.2) is 0 Å². The average Bonchev–Trinajstić information content (AvgIpc) is 3.40. The van der Waals surface area contributed by atoms with Crippen LogP contribution in [0.2, 0.25) is 10.0 Å². The third kappa shape index (κ3) is 5.85. The summed E-state index contributed by atoms with van der Waals surface area (Å²) in [6, 6.07) is 13.7. The maximum absolute atomic E-state index is 13.6. The van der Waals surface area contributed by atoms with E-state index in [-0.39, 0.29) is 21.5 Å². The van der Waals surface area contributed by atoms with Gasteiger partial charge in [0.25, 0.3) is 5.91 Å². The minimum Gasteiger partial charge on any atom is -0.326 e. The van der Waals surface area contributed by atoms with Crippen molar-refractivity contribution < 1.29 is 18.8 Å². The summed E-state index contributed by atoms with van der Waals surface area (Å²) in [6.45, 7) is 3.10. The summed E-state index contributed by atoms with van der Waals surface area (Å²) >= 11 is 25.0. The predicted molar refractivity (Wildman–Crippen MR) is 146 cm³/mol. The van der Waals surface area contributed by atoms with Gasteiger partial charge in [-0.05, 0) is 66.6 Å². The normalized spacial score (nSPS) is 17.6. The maximum Gasteiger partial charge on any atom is 0.257 e. The number of hydrogen-bond donors (Lipinski definition) is 3. The molecule has 0 saturated heterocycles. The van der Waals surface area contributed by atoms with Crippen molar-refractivity contribution >= 4 is 81.2 Å². The van der Waals surface area contributed by atoms with Crippen molar-refractivity contribution in [3.8, 4) is 0 Å². The van der Waals surface area contributed by atoms with Crippen molar-refractivity contribution in [1.29, 1.82) is 0 Å². The van der Waals surface area contributed by atoms with Crippen LogP contribution in [0.1, 0.15) is 34.3 Å². The average molecular weight is 583 g/mol. The molecular formula is C26H20Cl4FN3O3. The highest BCUT2D eigenvalue weighted by Crippen LogP contribution is 2.65. The zero-order valence-corrected chi connectivity index (χ0v) is 22.5. The van der Waals surface area contributed by atoms with Gasteiger partial charge in [0.05, 0.1) is 21.5 Å². The monoisotopic (exact) mass is 581 g/mol. The summed E-state index contributed by atoms with van der Waals surface area (Å²) in [6.07, 6.45) is 0. The third-order valence-corrected chi connectivity index (χ3v) is 7.60. The van der Waals surface area contributed by atoms with E-state index in [1.807, 2.05) is 0 Å². The quantitative estimate of drug-likeness (QED) is 0.269. The first-order valence-corrected chi connectivity index (χ1v) is 12.5. The van der Waals surface area contributed by atoms with E-state index >= 15 is 0 Å². The lowest BCUT2D eigenvalue weighted by Gasteiger charge is -2.13. The molecule has 192 valence electrons. The number of halogens is 5. The molecule has 0 spiro atoms. The second-order valence-electron chi connectivity index (χ2n) is 8.66. The van der Waals surface area contributed by atoms with E-state index in [1.165, 1.54) is 31.2 Å². The SMILES string of the molecule is CC(=O)Nc1ccc(NC(=O)c2cc(NC(=O)C3C(c4ccc(F)c(Cl)c4)C3(Cl)Cl)cc(C)c2Cl)cc1. The Morgan fingerprint density at radius 3 is 2.08 bits per heavy atom. The Kier molecular flexibility index (Phi) is 7.72. The van der Waals surface area contributed by atoms with Crippen LogP contribution in [0.3, 0.4) is 0 Å². The maximum atomic E-state index is 13.6. The zero-order chi connectivity index (χ0) is 27.1. The minimum absolute atomic E-state index is 0.0959. The van der Waals surface area contributed by atoms with Crippen molar-refractivity contribution in [3.05, 3.63) is 87.2 Å². The Balaban J connectivity index is 1.50. The molecule has 3 aromatic carbocycles. The fourth-order valence-electron chi connectivity index (χ4n) is 4.04. The van der Waals surface area contributed by atoms with Crippen molar-refractivity contribution in [3.63, 3.8) is 0 Å². The second kappa shape index (κ2) is 10.5. The predicted octanol–water partition coefficient (Wildman–Crippen LogP) is 7.18. The van der Waals surface area contributed by atoms with Gasteiger partial charge < -0.3 is 16.0 Å². The van der Waals surface area contributed by atoms with Gasteiger partial charge in [0.2, 0.25) is 11.8 Å². The second-order valence-corrected chi connectivity index (χ2v) is 10.9. The highest BCUT2D eigenvalue weighted by molar-refractivity contribution is 6.53. The van der Waals surface area contributed by atoms with E-state index in [4.69, 9.17) is 46.4 Å². The minimum atomic E-state index is -1.41. The fourth-order valence-corrected chi connectivity index (χ4v) is 5.25. The van der Waals surface area contributed by atoms with Crippen LogP contribution in [0.15, 0.2) is 54.6 Å². The number of aryl methyl sites for hydroxylation is 1. The molecular weight excluding hydrogens is 563 g/mol. The molecule has 0 aliphatic heterocycles. The number of nitrogens with one attached hydrogen (secondary N) is 3. The van der Waals surface area contributed by atoms with Crippen molar-refractivity contribution in [1.82, 2.24) is 0 Å². The number of amides is 3. The summed E-state index contributed by atoms with van der Waals surface area (Å²) in [4.78, 5) is 37.2. The molecule has 37 heavy (non-hydrogen) atoms. The van der Waals surface area contributed by atoms with E-state index in [2.05, 4.69) is 16.0 Å². The molecule has 4 rings (SSSR count). The number of anilines is 3. The van der Waals surface area contributed by atoms with Gasteiger partial charge in [-0.25, -0.2) is 4.39 Å². The van der Waals surface area contributed by atoms with Crippen LogP contribution in [0.4, 0.5) is 21.5 Å². The Morgan fingerprint density at radius 1 is 0.865 bits per heavy atom. The molecule has 11 heteroatoms. The van der Waals surface area contributed by atoms with E-state index in [9.17, 15) is 18.8 Å². The van der Waals surface area contributed by atoms with Crippen molar-refractivity contribution in [2.45, 2.75) is 24.1 Å². The van der Waals surface area contributed by atoms with Gasteiger partial charge in [0, 0.05) is 29.9 Å². The van der Waals surface area contributed by atoms with Gasteiger partial charge in [-0.1, -0.05) is 29.3 Å². The molecule has 6 nitrogen and oxygen atoms in total. The topological polar surface area (TPSA) is 87.3 Å². The largest absolute Gasteiger partial charge is 0.326 e. The van der Waals surface area contributed by atoms with Gasteiger partial charge in [-0.15, -0.1) is 23.2 Å². The van der Waals surface area contributed by atoms with E-state index in [1.54, 1.807) is 37.3 Å². The summed E-state index contributed by atoms with van der Waals surface area (Å²) < 4.78 is 12.2.